The molecule has 1 aliphatic rings. The van der Waals surface area contributed by atoms with E-state index in [-0.39, 0.29) is 18.9 Å². The Hall–Kier alpha value is -1.76. The van der Waals surface area contributed by atoms with Gasteiger partial charge in [0.1, 0.15) is 12.4 Å². The predicted molar refractivity (Wildman–Crippen MR) is 101 cm³/mol. The van der Waals surface area contributed by atoms with Crippen molar-refractivity contribution in [3.63, 3.8) is 0 Å². The van der Waals surface area contributed by atoms with Crippen LogP contribution in [-0.2, 0) is 30.7 Å². The van der Waals surface area contributed by atoms with E-state index in [0.717, 1.165) is 27.5 Å². The molecule has 0 unspecified atom stereocenters. The van der Waals surface area contributed by atoms with Gasteiger partial charge in [-0.15, -0.1) is 0 Å². The molecular formula is C19H20INO3. The van der Waals surface area contributed by atoms with Crippen molar-refractivity contribution in [2.45, 2.75) is 38.8 Å². The van der Waals surface area contributed by atoms with Crippen LogP contribution in [0.1, 0.15) is 35.1 Å². The first-order chi connectivity index (χ1) is 11.6. The number of ether oxygens (including phenoxy) is 1. The zero-order valence-electron chi connectivity index (χ0n) is 13.3. The van der Waals surface area contributed by atoms with Gasteiger partial charge in [0.15, 0.2) is 0 Å². The summed E-state index contributed by atoms with van der Waals surface area (Å²) < 4.78 is 6.11. The number of amides is 1. The Morgan fingerprint density at radius 2 is 1.96 bits per heavy atom. The number of phenolic OH excluding ortho intramolecular Hbond substituents is 1. The SMILES string of the molecule is O=C(NCc1cc2c(c(I)c1O)CCCC2)OCc1ccccc1. The van der Waals surface area contributed by atoms with Crippen LogP contribution in [-0.4, -0.2) is 11.2 Å². The number of hydrogen-bond donors (Lipinski definition) is 2. The van der Waals surface area contributed by atoms with Gasteiger partial charge in [-0.1, -0.05) is 30.3 Å². The molecule has 0 radical (unpaired) electrons. The largest absolute Gasteiger partial charge is 0.506 e. The van der Waals surface area contributed by atoms with Crippen LogP contribution < -0.4 is 5.32 Å². The summed E-state index contributed by atoms with van der Waals surface area (Å²) in [7, 11) is 0. The highest BCUT2D eigenvalue weighted by atomic mass is 127. The number of alkyl carbamates (subject to hydrolysis) is 1. The Morgan fingerprint density at radius 1 is 1.21 bits per heavy atom. The second-order valence-corrected chi connectivity index (χ2v) is 7.04. The number of phenols is 1. The first kappa shape index (κ1) is 17.1. The molecule has 0 saturated heterocycles. The number of aryl methyl sites for hydroxylation is 1. The zero-order chi connectivity index (χ0) is 16.9. The van der Waals surface area contributed by atoms with Crippen molar-refractivity contribution in [2.24, 2.45) is 0 Å². The molecule has 0 spiro atoms. The average Bonchev–Trinajstić information content (AvgIpc) is 2.62. The molecule has 2 N–H and O–H groups in total. The number of carbonyl (C=O) groups excluding carboxylic acids is 1. The lowest BCUT2D eigenvalue weighted by molar-refractivity contribution is 0.139. The van der Waals surface area contributed by atoms with Gasteiger partial charge in [-0.05, 0) is 71.0 Å². The molecule has 0 atom stereocenters. The van der Waals surface area contributed by atoms with Crippen LogP contribution in [0.4, 0.5) is 4.79 Å². The number of hydrogen-bond acceptors (Lipinski definition) is 3. The highest BCUT2D eigenvalue weighted by Gasteiger charge is 2.18. The number of aromatic hydroxyl groups is 1. The van der Waals surface area contributed by atoms with Gasteiger partial charge in [0, 0.05) is 12.1 Å². The summed E-state index contributed by atoms with van der Waals surface area (Å²) in [6.45, 7) is 0.503. The van der Waals surface area contributed by atoms with Crippen LogP contribution in [0.3, 0.4) is 0 Å². The summed E-state index contributed by atoms with van der Waals surface area (Å²) in [5.74, 6) is 0.277. The monoisotopic (exact) mass is 437 g/mol. The Balaban J connectivity index is 1.60. The van der Waals surface area contributed by atoms with Crippen molar-refractivity contribution < 1.29 is 14.6 Å². The molecule has 2 aromatic rings. The van der Waals surface area contributed by atoms with Gasteiger partial charge >= 0.3 is 6.09 Å². The van der Waals surface area contributed by atoms with E-state index in [4.69, 9.17) is 4.74 Å². The summed E-state index contributed by atoms with van der Waals surface area (Å²) in [5.41, 5.74) is 4.24. The van der Waals surface area contributed by atoms with E-state index in [1.807, 2.05) is 36.4 Å². The Kier molecular flexibility index (Phi) is 5.60. The van der Waals surface area contributed by atoms with E-state index in [9.17, 15) is 9.90 Å². The number of halogens is 1. The molecule has 2 aromatic carbocycles. The van der Waals surface area contributed by atoms with Crippen LogP contribution in [0.2, 0.25) is 0 Å². The van der Waals surface area contributed by atoms with Crippen molar-refractivity contribution in [1.29, 1.82) is 0 Å². The normalized spacial score (nSPS) is 13.2. The van der Waals surface area contributed by atoms with E-state index >= 15 is 0 Å². The van der Waals surface area contributed by atoms with Gasteiger partial charge in [-0.2, -0.15) is 0 Å². The van der Waals surface area contributed by atoms with Crippen molar-refractivity contribution >= 4 is 28.7 Å². The second kappa shape index (κ2) is 7.88. The minimum absolute atomic E-state index is 0.236. The molecule has 0 saturated carbocycles. The molecule has 0 heterocycles. The topological polar surface area (TPSA) is 58.6 Å². The molecule has 1 amide bonds. The van der Waals surface area contributed by atoms with Gasteiger partial charge in [0.25, 0.3) is 0 Å². The molecule has 0 fully saturated rings. The molecule has 3 rings (SSSR count). The molecule has 1 aliphatic carbocycles. The van der Waals surface area contributed by atoms with Gasteiger partial charge in [0.2, 0.25) is 0 Å². The molecule has 0 aromatic heterocycles. The summed E-state index contributed by atoms with van der Waals surface area (Å²) >= 11 is 2.20. The fraction of sp³-hybridized carbons (Fsp3) is 0.316. The molecule has 4 nitrogen and oxygen atoms in total. The lowest BCUT2D eigenvalue weighted by atomic mass is 9.90. The number of carbonyl (C=O) groups is 1. The van der Waals surface area contributed by atoms with Crippen molar-refractivity contribution in [3.05, 3.63) is 62.2 Å². The third kappa shape index (κ3) is 4.01. The average molecular weight is 437 g/mol. The number of nitrogens with one attached hydrogen (secondary N) is 1. The third-order valence-electron chi connectivity index (χ3n) is 4.27. The lowest BCUT2D eigenvalue weighted by Crippen LogP contribution is -2.24. The summed E-state index contributed by atoms with van der Waals surface area (Å²) in [4.78, 5) is 11.9. The maximum Gasteiger partial charge on any atom is 0.407 e. The first-order valence-electron chi connectivity index (χ1n) is 8.12. The van der Waals surface area contributed by atoms with E-state index < -0.39 is 6.09 Å². The molecular weight excluding hydrogens is 417 g/mol. The maximum atomic E-state index is 11.9. The summed E-state index contributed by atoms with van der Waals surface area (Å²) in [6, 6.07) is 11.6. The van der Waals surface area contributed by atoms with Crippen molar-refractivity contribution in [3.8, 4) is 5.75 Å². The fourth-order valence-corrected chi connectivity index (χ4v) is 3.94. The van der Waals surface area contributed by atoms with Crippen molar-refractivity contribution in [2.75, 3.05) is 0 Å². The van der Waals surface area contributed by atoms with E-state index in [0.29, 0.717) is 0 Å². The van der Waals surface area contributed by atoms with Gasteiger partial charge in [0.05, 0.1) is 3.57 Å². The molecule has 5 heteroatoms. The molecule has 0 bridgehead atoms. The van der Waals surface area contributed by atoms with Crippen LogP contribution in [0.25, 0.3) is 0 Å². The summed E-state index contributed by atoms with van der Waals surface area (Å²) in [5, 5.41) is 13.1. The number of fused-ring (bicyclic) bond motifs is 1. The lowest BCUT2D eigenvalue weighted by Gasteiger charge is -2.20. The quantitative estimate of drug-likeness (QED) is 0.702. The van der Waals surface area contributed by atoms with Crippen LogP contribution in [0.15, 0.2) is 36.4 Å². The maximum absolute atomic E-state index is 11.9. The van der Waals surface area contributed by atoms with E-state index in [1.165, 1.54) is 24.0 Å². The zero-order valence-corrected chi connectivity index (χ0v) is 15.5. The Morgan fingerprint density at radius 3 is 2.75 bits per heavy atom. The van der Waals surface area contributed by atoms with Gasteiger partial charge < -0.3 is 15.2 Å². The van der Waals surface area contributed by atoms with E-state index in [1.54, 1.807) is 0 Å². The number of rotatable bonds is 4. The van der Waals surface area contributed by atoms with Crippen LogP contribution in [0, 0.1) is 3.57 Å². The fourth-order valence-electron chi connectivity index (χ4n) is 2.98. The van der Waals surface area contributed by atoms with Gasteiger partial charge in [-0.3, -0.25) is 0 Å². The summed E-state index contributed by atoms with van der Waals surface area (Å²) in [6.07, 6.45) is 3.93. The highest BCUT2D eigenvalue weighted by Crippen LogP contribution is 2.34. The molecule has 126 valence electrons. The Labute approximate surface area is 155 Å². The third-order valence-corrected chi connectivity index (χ3v) is 5.43. The van der Waals surface area contributed by atoms with Crippen LogP contribution >= 0.6 is 22.6 Å². The number of benzene rings is 2. The minimum Gasteiger partial charge on any atom is -0.506 e. The van der Waals surface area contributed by atoms with Crippen molar-refractivity contribution in [1.82, 2.24) is 5.32 Å². The molecule has 0 aliphatic heterocycles. The molecule has 24 heavy (non-hydrogen) atoms. The smallest absolute Gasteiger partial charge is 0.407 e. The first-order valence-corrected chi connectivity index (χ1v) is 9.19. The second-order valence-electron chi connectivity index (χ2n) is 5.96. The predicted octanol–water partition coefficient (Wildman–Crippen LogP) is 4.30. The Bertz CT molecular complexity index is 731. The van der Waals surface area contributed by atoms with Crippen LogP contribution in [0.5, 0.6) is 5.75 Å². The highest BCUT2D eigenvalue weighted by molar-refractivity contribution is 14.1. The minimum atomic E-state index is -0.481. The van der Waals surface area contributed by atoms with E-state index in [2.05, 4.69) is 27.9 Å². The standard InChI is InChI=1S/C19H20INO3/c20-17-16-9-5-4-8-14(16)10-15(18(17)22)11-21-19(23)24-12-13-6-2-1-3-7-13/h1-3,6-7,10,22H,4-5,8-9,11-12H2,(H,21,23). The van der Waals surface area contributed by atoms with Gasteiger partial charge in [-0.25, -0.2) is 4.79 Å².